The summed E-state index contributed by atoms with van der Waals surface area (Å²) >= 11 is 0. The number of carboxylic acids is 1. The van der Waals surface area contributed by atoms with Gasteiger partial charge in [-0.25, -0.2) is 4.79 Å². The van der Waals surface area contributed by atoms with E-state index in [1.807, 2.05) is 0 Å². The van der Waals surface area contributed by atoms with Crippen LogP contribution in [0.5, 0.6) is 5.75 Å². The Morgan fingerprint density at radius 3 is 2.78 bits per heavy atom. The lowest BCUT2D eigenvalue weighted by Crippen LogP contribution is -2.29. The van der Waals surface area contributed by atoms with Crippen LogP contribution in [0.1, 0.15) is 23.2 Å². The van der Waals surface area contributed by atoms with E-state index in [0.29, 0.717) is 0 Å². The lowest BCUT2D eigenvalue weighted by atomic mass is 10.2. The van der Waals surface area contributed by atoms with Crippen molar-refractivity contribution in [3.63, 3.8) is 0 Å². The number of rotatable bonds is 6. The van der Waals surface area contributed by atoms with Gasteiger partial charge in [0.15, 0.2) is 0 Å². The molecule has 98 valence electrons. The van der Waals surface area contributed by atoms with Gasteiger partial charge in [0.05, 0.1) is 12.2 Å². The fourth-order valence-corrected chi connectivity index (χ4v) is 1.36. The minimum absolute atomic E-state index is 0.0500. The number of carbonyl (C=O) groups is 1. The smallest absolute Gasteiger partial charge is 0.478 e. The topological polar surface area (TPSA) is 55.8 Å². The average molecular weight is 258 g/mol. The van der Waals surface area contributed by atoms with Gasteiger partial charge in [-0.3, -0.25) is 4.74 Å². The van der Waals surface area contributed by atoms with Gasteiger partial charge >= 0.3 is 12.3 Å². The van der Waals surface area contributed by atoms with E-state index >= 15 is 0 Å². The van der Waals surface area contributed by atoms with Crippen LogP contribution < -0.4 is 4.74 Å². The van der Waals surface area contributed by atoms with Crippen molar-refractivity contribution in [3.8, 4) is 5.75 Å². The Kier molecular flexibility index (Phi) is 3.47. The molecule has 1 aromatic rings. The number of hydrogen-bond donors (Lipinski definition) is 1. The molecule has 0 aliphatic heterocycles. The molecule has 0 heterocycles. The van der Waals surface area contributed by atoms with E-state index in [9.17, 15) is 13.6 Å². The lowest BCUT2D eigenvalue weighted by molar-refractivity contribution is -0.354. The van der Waals surface area contributed by atoms with Gasteiger partial charge in [-0.2, -0.15) is 0 Å². The van der Waals surface area contributed by atoms with Crippen molar-refractivity contribution in [2.45, 2.75) is 19.1 Å². The summed E-state index contributed by atoms with van der Waals surface area (Å²) in [5, 5.41) is 8.72. The average Bonchev–Trinajstić information content (AvgIpc) is 3.10. The molecule has 0 aromatic heterocycles. The van der Waals surface area contributed by atoms with Crippen molar-refractivity contribution in [2.24, 2.45) is 5.92 Å². The molecule has 0 radical (unpaired) electrons. The zero-order valence-corrected chi connectivity index (χ0v) is 9.44. The van der Waals surface area contributed by atoms with Gasteiger partial charge in [0.25, 0.3) is 0 Å². The first kappa shape index (κ1) is 12.8. The zero-order valence-electron chi connectivity index (χ0n) is 9.44. The minimum atomic E-state index is -3.74. The Balaban J connectivity index is 1.97. The number of aromatic carboxylic acids is 1. The fourth-order valence-electron chi connectivity index (χ4n) is 1.36. The molecule has 6 heteroatoms. The molecule has 1 aromatic carbocycles. The predicted octanol–water partition coefficient (Wildman–Crippen LogP) is 2.74. The van der Waals surface area contributed by atoms with Gasteiger partial charge in [0.1, 0.15) is 5.75 Å². The quantitative estimate of drug-likeness (QED) is 0.797. The standard InChI is InChI=1S/C12H12F2O4/c13-12(14,17-7-8-4-5-8)18-10-3-1-2-9(6-10)11(15)16/h1-3,6,8H,4-5,7H2,(H,15,16). The maximum absolute atomic E-state index is 13.2. The van der Waals surface area contributed by atoms with Crippen LogP contribution in [0, 0.1) is 5.92 Å². The van der Waals surface area contributed by atoms with Crippen LogP contribution in [-0.2, 0) is 4.74 Å². The summed E-state index contributed by atoms with van der Waals surface area (Å²) < 4.78 is 35.2. The monoisotopic (exact) mass is 258 g/mol. The molecule has 0 amide bonds. The number of carboxylic acid groups (broad SMARTS) is 1. The van der Waals surface area contributed by atoms with E-state index in [1.165, 1.54) is 18.2 Å². The highest BCUT2D eigenvalue weighted by atomic mass is 19.3. The largest absolute Gasteiger partial charge is 0.535 e. The van der Waals surface area contributed by atoms with Crippen molar-refractivity contribution in [1.82, 2.24) is 0 Å². The molecule has 1 saturated carbocycles. The van der Waals surface area contributed by atoms with Crippen LogP contribution in [0.3, 0.4) is 0 Å². The molecule has 0 unspecified atom stereocenters. The Morgan fingerprint density at radius 2 is 2.17 bits per heavy atom. The van der Waals surface area contributed by atoms with Gasteiger partial charge in [-0.05, 0) is 37.0 Å². The SMILES string of the molecule is O=C(O)c1cccc(OC(F)(F)OCC2CC2)c1. The van der Waals surface area contributed by atoms with Crippen molar-refractivity contribution in [1.29, 1.82) is 0 Å². The minimum Gasteiger partial charge on any atom is -0.478 e. The molecular weight excluding hydrogens is 246 g/mol. The van der Waals surface area contributed by atoms with E-state index in [0.717, 1.165) is 18.9 Å². The lowest BCUT2D eigenvalue weighted by Gasteiger charge is -2.17. The summed E-state index contributed by atoms with van der Waals surface area (Å²) in [6.45, 7) is -0.0500. The fraction of sp³-hybridized carbons (Fsp3) is 0.417. The first-order chi connectivity index (χ1) is 8.46. The van der Waals surface area contributed by atoms with Gasteiger partial charge in [0.2, 0.25) is 0 Å². The van der Waals surface area contributed by atoms with Gasteiger partial charge in [-0.15, -0.1) is 8.78 Å². The first-order valence-corrected chi connectivity index (χ1v) is 5.50. The normalized spacial score (nSPS) is 15.4. The number of halogens is 2. The van der Waals surface area contributed by atoms with Crippen LogP contribution in [0.15, 0.2) is 24.3 Å². The van der Waals surface area contributed by atoms with Gasteiger partial charge in [-0.1, -0.05) is 6.07 Å². The van der Waals surface area contributed by atoms with E-state index in [1.54, 1.807) is 0 Å². The van der Waals surface area contributed by atoms with Crippen molar-refractivity contribution < 1.29 is 28.2 Å². The predicted molar refractivity (Wildman–Crippen MR) is 57.7 cm³/mol. The Morgan fingerprint density at radius 1 is 1.44 bits per heavy atom. The van der Waals surface area contributed by atoms with E-state index in [4.69, 9.17) is 5.11 Å². The molecule has 0 atom stereocenters. The van der Waals surface area contributed by atoms with Gasteiger partial charge in [0, 0.05) is 0 Å². The van der Waals surface area contributed by atoms with E-state index in [-0.39, 0.29) is 23.8 Å². The van der Waals surface area contributed by atoms with Crippen LogP contribution in [0.4, 0.5) is 8.78 Å². The highest BCUT2D eigenvalue weighted by Crippen LogP contribution is 2.32. The summed E-state index contributed by atoms with van der Waals surface area (Å²) in [5.74, 6) is -1.26. The number of alkyl halides is 2. The molecule has 1 aliphatic rings. The molecule has 18 heavy (non-hydrogen) atoms. The van der Waals surface area contributed by atoms with Crippen molar-refractivity contribution in [2.75, 3.05) is 6.61 Å². The second kappa shape index (κ2) is 4.89. The van der Waals surface area contributed by atoms with Crippen LogP contribution in [0.2, 0.25) is 0 Å². The summed E-state index contributed by atoms with van der Waals surface area (Å²) in [6.07, 6.45) is -1.95. The maximum Gasteiger partial charge on any atom is 0.535 e. The van der Waals surface area contributed by atoms with E-state index in [2.05, 4.69) is 9.47 Å². The van der Waals surface area contributed by atoms with Crippen LogP contribution in [0.25, 0.3) is 0 Å². The third-order valence-corrected chi connectivity index (χ3v) is 2.50. The Bertz CT molecular complexity index is 443. The summed E-state index contributed by atoms with van der Waals surface area (Å²) in [6, 6.07) is 4.89. The third-order valence-electron chi connectivity index (χ3n) is 2.50. The first-order valence-electron chi connectivity index (χ1n) is 5.50. The highest BCUT2D eigenvalue weighted by molar-refractivity contribution is 5.87. The molecule has 1 aliphatic carbocycles. The van der Waals surface area contributed by atoms with Crippen LogP contribution in [-0.4, -0.2) is 24.0 Å². The molecule has 0 saturated heterocycles. The number of hydrogen-bond acceptors (Lipinski definition) is 3. The second-order valence-corrected chi connectivity index (χ2v) is 4.15. The third kappa shape index (κ3) is 3.66. The van der Waals surface area contributed by atoms with Crippen molar-refractivity contribution in [3.05, 3.63) is 29.8 Å². The van der Waals surface area contributed by atoms with Gasteiger partial charge < -0.3 is 9.84 Å². The summed E-state index contributed by atoms with van der Waals surface area (Å²) in [7, 11) is 0. The molecule has 1 N–H and O–H groups in total. The molecule has 1 fully saturated rings. The maximum atomic E-state index is 13.2. The molecule has 0 spiro atoms. The van der Waals surface area contributed by atoms with Crippen molar-refractivity contribution >= 4 is 5.97 Å². The van der Waals surface area contributed by atoms with E-state index < -0.39 is 12.3 Å². The summed E-state index contributed by atoms with van der Waals surface area (Å²) in [4.78, 5) is 10.7. The second-order valence-electron chi connectivity index (χ2n) is 4.15. The highest BCUT2D eigenvalue weighted by Gasteiger charge is 2.36. The zero-order chi connectivity index (χ0) is 13.2. The van der Waals surface area contributed by atoms with Crippen LogP contribution >= 0.6 is 0 Å². The molecular formula is C12H12F2O4. The molecule has 4 nitrogen and oxygen atoms in total. The number of ether oxygens (including phenoxy) is 2. The summed E-state index contributed by atoms with van der Waals surface area (Å²) in [5.41, 5.74) is -0.120. The number of benzene rings is 1. The Hall–Kier alpha value is -1.69. The molecule has 2 rings (SSSR count). The molecule has 0 bridgehead atoms. The Labute approximate surface area is 102 Å².